The molecule has 36 heavy (non-hydrogen) atoms. The van der Waals surface area contributed by atoms with Gasteiger partial charge in [0.25, 0.3) is 0 Å². The van der Waals surface area contributed by atoms with Crippen molar-refractivity contribution in [1.82, 2.24) is 0 Å². The van der Waals surface area contributed by atoms with Crippen LogP contribution in [0.1, 0.15) is 37.0 Å². The van der Waals surface area contributed by atoms with Crippen LogP contribution in [0.2, 0.25) is 0 Å². The highest BCUT2D eigenvalue weighted by molar-refractivity contribution is 5.89. The summed E-state index contributed by atoms with van der Waals surface area (Å²) >= 11 is 0. The van der Waals surface area contributed by atoms with E-state index in [-0.39, 0.29) is 5.78 Å². The van der Waals surface area contributed by atoms with Gasteiger partial charge in [0.15, 0.2) is 5.78 Å². The number of hydrogen-bond donors (Lipinski definition) is 0. The van der Waals surface area contributed by atoms with Gasteiger partial charge in [-0.3, -0.25) is 4.79 Å². The molecule has 3 aromatic carbocycles. The van der Waals surface area contributed by atoms with E-state index in [2.05, 4.69) is 13.8 Å². The third-order valence-electron chi connectivity index (χ3n) is 6.24. The summed E-state index contributed by atoms with van der Waals surface area (Å²) in [5.74, 6) is 0.249. The van der Waals surface area contributed by atoms with E-state index in [1.807, 2.05) is 91.0 Å². The Labute approximate surface area is 214 Å². The van der Waals surface area contributed by atoms with Crippen LogP contribution in [-0.2, 0) is 43.6 Å². The van der Waals surface area contributed by atoms with Crippen LogP contribution in [0, 0.1) is 5.92 Å². The topological polar surface area (TPSA) is 54.0 Å². The maximum Gasteiger partial charge on any atom is 0.192 e. The Kier molecular flexibility index (Phi) is 9.82. The highest BCUT2D eigenvalue weighted by Crippen LogP contribution is 2.28. The van der Waals surface area contributed by atoms with Crippen LogP contribution in [0.5, 0.6) is 0 Å². The molecule has 1 aliphatic heterocycles. The van der Waals surface area contributed by atoms with E-state index < -0.39 is 24.4 Å². The van der Waals surface area contributed by atoms with Gasteiger partial charge in [-0.2, -0.15) is 0 Å². The van der Waals surface area contributed by atoms with Crippen molar-refractivity contribution >= 4 is 5.78 Å². The molecule has 0 spiro atoms. The number of carbonyl (C=O) groups is 1. The van der Waals surface area contributed by atoms with E-state index >= 15 is 0 Å². The Hall–Kier alpha value is -2.83. The maximum atomic E-state index is 13.6. The fraction of sp³-hybridized carbons (Fsp3) is 0.387. The van der Waals surface area contributed by atoms with Gasteiger partial charge >= 0.3 is 0 Å². The van der Waals surface area contributed by atoms with Gasteiger partial charge in [0.2, 0.25) is 0 Å². The number of carbonyl (C=O) groups excluding carboxylic acids is 1. The molecule has 5 heteroatoms. The lowest BCUT2D eigenvalue weighted by Crippen LogP contribution is -2.58. The predicted molar refractivity (Wildman–Crippen MR) is 139 cm³/mol. The maximum absolute atomic E-state index is 13.6. The molecular formula is C31H36O5. The second-order valence-electron chi connectivity index (χ2n) is 9.67. The predicted octanol–water partition coefficient (Wildman–Crippen LogP) is 5.76. The van der Waals surface area contributed by atoms with Gasteiger partial charge in [-0.1, -0.05) is 105 Å². The summed E-state index contributed by atoms with van der Waals surface area (Å²) in [4.78, 5) is 13.6. The normalized spacial score (nSPS) is 22.1. The quantitative estimate of drug-likeness (QED) is 0.325. The largest absolute Gasteiger partial charge is 0.374 e. The lowest BCUT2D eigenvalue weighted by Gasteiger charge is -2.41. The van der Waals surface area contributed by atoms with E-state index in [9.17, 15) is 4.79 Å². The highest BCUT2D eigenvalue weighted by Gasteiger charge is 2.46. The van der Waals surface area contributed by atoms with Crippen LogP contribution < -0.4 is 0 Å². The van der Waals surface area contributed by atoms with Crippen molar-refractivity contribution in [3.63, 3.8) is 0 Å². The zero-order chi connectivity index (χ0) is 25.2. The molecule has 0 amide bonds. The van der Waals surface area contributed by atoms with Crippen LogP contribution in [0.3, 0.4) is 0 Å². The minimum absolute atomic E-state index is 0.0583. The lowest BCUT2D eigenvalue weighted by atomic mass is 9.91. The summed E-state index contributed by atoms with van der Waals surface area (Å²) in [6.45, 7) is 5.64. The van der Waals surface area contributed by atoms with Crippen LogP contribution in [-0.4, -0.2) is 36.8 Å². The number of ketones is 1. The Morgan fingerprint density at radius 3 is 1.75 bits per heavy atom. The molecule has 0 bridgehead atoms. The second-order valence-corrected chi connectivity index (χ2v) is 9.67. The Balaban J connectivity index is 1.52. The molecule has 1 fully saturated rings. The van der Waals surface area contributed by atoms with Crippen molar-refractivity contribution in [2.75, 3.05) is 6.61 Å². The molecule has 3 aromatic rings. The summed E-state index contributed by atoms with van der Waals surface area (Å²) in [6, 6.07) is 29.9. The van der Waals surface area contributed by atoms with E-state index in [4.69, 9.17) is 18.9 Å². The van der Waals surface area contributed by atoms with Crippen LogP contribution in [0.25, 0.3) is 0 Å². The molecule has 0 radical (unpaired) electrons. The van der Waals surface area contributed by atoms with Crippen LogP contribution in [0.15, 0.2) is 91.0 Å². The molecule has 0 N–H and O–H groups in total. The SMILES string of the molecule is CC(C)C[C@@H]1O[C@H](COCc2ccccc2)[C@@H](OCc2ccccc2)[C@H](OCc2ccccc2)C1=O. The second kappa shape index (κ2) is 13.5. The zero-order valence-electron chi connectivity index (χ0n) is 21.1. The highest BCUT2D eigenvalue weighted by atomic mass is 16.6. The summed E-state index contributed by atoms with van der Waals surface area (Å²) in [7, 11) is 0. The fourth-order valence-corrected chi connectivity index (χ4v) is 4.40. The van der Waals surface area contributed by atoms with Gasteiger partial charge in [0.1, 0.15) is 24.4 Å². The number of rotatable bonds is 12. The molecule has 1 heterocycles. The molecule has 1 saturated heterocycles. The van der Waals surface area contributed by atoms with Crippen molar-refractivity contribution in [2.45, 2.75) is 64.5 Å². The molecule has 4 rings (SSSR count). The number of ether oxygens (including phenoxy) is 4. The third kappa shape index (κ3) is 7.58. The first-order chi connectivity index (χ1) is 17.6. The van der Waals surface area contributed by atoms with Crippen LogP contribution >= 0.6 is 0 Å². The Bertz CT molecular complexity index is 1040. The summed E-state index contributed by atoms with van der Waals surface area (Å²) < 4.78 is 25.1. The lowest BCUT2D eigenvalue weighted by molar-refractivity contribution is -0.215. The molecule has 4 atom stereocenters. The van der Waals surface area contributed by atoms with Crippen molar-refractivity contribution in [3.05, 3.63) is 108 Å². The number of hydrogen-bond acceptors (Lipinski definition) is 5. The minimum Gasteiger partial charge on any atom is -0.374 e. The van der Waals surface area contributed by atoms with Crippen LogP contribution in [0.4, 0.5) is 0 Å². The molecule has 5 nitrogen and oxygen atoms in total. The number of Topliss-reactive ketones (excluding diaryl/α,β-unsaturated/α-hetero) is 1. The summed E-state index contributed by atoms with van der Waals surface area (Å²) in [5.41, 5.74) is 3.12. The smallest absolute Gasteiger partial charge is 0.192 e. The molecule has 1 aliphatic rings. The Morgan fingerprint density at radius 1 is 0.722 bits per heavy atom. The van der Waals surface area contributed by atoms with Gasteiger partial charge in [-0.25, -0.2) is 0 Å². The van der Waals surface area contributed by atoms with Crippen molar-refractivity contribution in [3.8, 4) is 0 Å². The molecule has 0 unspecified atom stereocenters. The molecule has 0 aromatic heterocycles. The van der Waals surface area contributed by atoms with E-state index in [1.54, 1.807) is 0 Å². The number of benzene rings is 3. The van der Waals surface area contributed by atoms with Gasteiger partial charge in [0, 0.05) is 0 Å². The molecular weight excluding hydrogens is 452 g/mol. The summed E-state index contributed by atoms with van der Waals surface area (Å²) in [6.07, 6.45) is -1.67. The standard InChI is InChI=1S/C31H36O5/c1-23(2)18-27-29(32)31(35-21-26-16-10-5-11-17-26)30(34-20-25-14-8-4-9-15-25)28(36-27)22-33-19-24-12-6-3-7-13-24/h3-17,23,27-28,30-31H,18-22H2,1-2H3/t27-,28+,30+,31+/m0/s1. The fourth-order valence-electron chi connectivity index (χ4n) is 4.40. The summed E-state index contributed by atoms with van der Waals surface area (Å²) in [5, 5.41) is 0. The van der Waals surface area contributed by atoms with Gasteiger partial charge in [0.05, 0.1) is 26.4 Å². The first-order valence-corrected chi connectivity index (χ1v) is 12.7. The van der Waals surface area contributed by atoms with Crippen molar-refractivity contribution < 1.29 is 23.7 Å². The minimum atomic E-state index is -0.739. The average Bonchev–Trinajstić information content (AvgIpc) is 2.90. The molecule has 0 aliphatic carbocycles. The first kappa shape index (κ1) is 26.2. The van der Waals surface area contributed by atoms with E-state index in [0.717, 1.165) is 16.7 Å². The zero-order valence-corrected chi connectivity index (χ0v) is 21.1. The monoisotopic (exact) mass is 488 g/mol. The van der Waals surface area contributed by atoms with Gasteiger partial charge in [-0.05, 0) is 29.0 Å². The van der Waals surface area contributed by atoms with E-state index in [0.29, 0.717) is 38.8 Å². The molecule has 190 valence electrons. The van der Waals surface area contributed by atoms with Crippen molar-refractivity contribution in [1.29, 1.82) is 0 Å². The first-order valence-electron chi connectivity index (χ1n) is 12.7. The third-order valence-corrected chi connectivity index (χ3v) is 6.24. The Morgan fingerprint density at radius 2 is 1.22 bits per heavy atom. The van der Waals surface area contributed by atoms with Crippen molar-refractivity contribution in [2.24, 2.45) is 5.92 Å². The van der Waals surface area contributed by atoms with E-state index in [1.165, 1.54) is 0 Å². The van der Waals surface area contributed by atoms with Gasteiger partial charge < -0.3 is 18.9 Å². The van der Waals surface area contributed by atoms with Gasteiger partial charge in [-0.15, -0.1) is 0 Å². The average molecular weight is 489 g/mol. The molecule has 0 saturated carbocycles.